The van der Waals surface area contributed by atoms with Gasteiger partial charge in [-0.1, -0.05) is 36.4 Å². The first-order valence-electron chi connectivity index (χ1n) is 10.7. The van der Waals surface area contributed by atoms with Gasteiger partial charge in [0.15, 0.2) is 0 Å². The van der Waals surface area contributed by atoms with Gasteiger partial charge in [-0.05, 0) is 43.5 Å². The zero-order chi connectivity index (χ0) is 23.7. The van der Waals surface area contributed by atoms with Crippen LogP contribution in [0.1, 0.15) is 32.0 Å². The van der Waals surface area contributed by atoms with Crippen LogP contribution in [0.15, 0.2) is 70.5 Å². The lowest BCUT2D eigenvalue weighted by molar-refractivity contribution is 0.0533. The van der Waals surface area contributed by atoms with E-state index in [-0.39, 0.29) is 12.5 Å². The number of thiophene rings is 2. The number of carbonyl (C=O) groups is 2. The molecule has 4 heterocycles. The van der Waals surface area contributed by atoms with Crippen LogP contribution in [-0.2, 0) is 4.74 Å². The number of aryl methyl sites for hydroxylation is 1. The normalized spacial score (nSPS) is 11.0. The van der Waals surface area contributed by atoms with Crippen molar-refractivity contribution in [1.82, 2.24) is 4.98 Å². The number of carbonyl (C=O) groups excluding carboxylic acids is 2. The number of nitrogens with one attached hydrogen (secondary N) is 1. The summed E-state index contributed by atoms with van der Waals surface area (Å²) in [6.45, 7) is 3.84. The Kier molecular flexibility index (Phi) is 6.00. The van der Waals surface area contributed by atoms with Crippen LogP contribution >= 0.6 is 22.7 Å². The van der Waals surface area contributed by atoms with Gasteiger partial charge in [0, 0.05) is 16.5 Å². The lowest BCUT2D eigenvalue weighted by atomic mass is 10.0. The van der Waals surface area contributed by atoms with Gasteiger partial charge in [0.2, 0.25) is 0 Å². The largest absolute Gasteiger partial charge is 0.462 e. The Morgan fingerprint density at radius 1 is 1.09 bits per heavy atom. The third kappa shape index (κ3) is 4.13. The second-order valence-electron chi connectivity index (χ2n) is 7.47. The van der Waals surface area contributed by atoms with E-state index in [4.69, 9.17) is 14.1 Å². The van der Waals surface area contributed by atoms with Crippen LogP contribution < -0.4 is 5.32 Å². The summed E-state index contributed by atoms with van der Waals surface area (Å²) in [5.41, 5.74) is 2.80. The fourth-order valence-electron chi connectivity index (χ4n) is 3.67. The van der Waals surface area contributed by atoms with Crippen LogP contribution in [0.25, 0.3) is 32.8 Å². The van der Waals surface area contributed by atoms with Crippen molar-refractivity contribution in [2.45, 2.75) is 13.8 Å². The molecule has 5 aromatic rings. The minimum Gasteiger partial charge on any atom is -0.462 e. The highest BCUT2D eigenvalue weighted by Crippen LogP contribution is 2.43. The predicted octanol–water partition coefficient (Wildman–Crippen LogP) is 7.02. The first kappa shape index (κ1) is 22.1. The van der Waals surface area contributed by atoms with Crippen LogP contribution in [0.2, 0.25) is 0 Å². The maximum Gasteiger partial charge on any atom is 0.350 e. The van der Waals surface area contributed by atoms with Crippen molar-refractivity contribution in [2.24, 2.45) is 0 Å². The highest BCUT2D eigenvalue weighted by molar-refractivity contribution is 7.21. The number of benzene rings is 1. The molecule has 0 fully saturated rings. The molecule has 6 nitrogen and oxygen atoms in total. The SMILES string of the molecule is CCOC(=O)c1sc2nc(-c3ccccc3)cc(-c3ccc(C)o3)c2c1NC(=O)c1cccs1. The number of rotatable bonds is 6. The van der Waals surface area contributed by atoms with Gasteiger partial charge in [-0.3, -0.25) is 4.79 Å². The summed E-state index contributed by atoms with van der Waals surface area (Å²) in [4.78, 5) is 32.2. The number of ether oxygens (including phenoxy) is 1. The van der Waals surface area contributed by atoms with E-state index in [1.807, 2.05) is 66.9 Å². The number of fused-ring (bicyclic) bond motifs is 1. The number of hydrogen-bond acceptors (Lipinski definition) is 7. The Bertz CT molecular complexity index is 1480. The second-order valence-corrected chi connectivity index (χ2v) is 9.42. The molecule has 1 amide bonds. The fourth-order valence-corrected chi connectivity index (χ4v) is 5.34. The van der Waals surface area contributed by atoms with Gasteiger partial charge >= 0.3 is 5.97 Å². The summed E-state index contributed by atoms with van der Waals surface area (Å²) in [7, 11) is 0. The standard InChI is InChI=1S/C26H20N2O4S2/c1-3-31-26(30)23-22(28-24(29)20-10-7-13-33-20)21-17(19-12-11-15(2)32-19)14-18(27-25(21)34-23)16-8-5-4-6-9-16/h4-14H,3H2,1-2H3,(H,28,29). The topological polar surface area (TPSA) is 81.4 Å². The molecule has 34 heavy (non-hydrogen) atoms. The molecule has 0 aliphatic carbocycles. The van der Waals surface area contributed by atoms with E-state index in [9.17, 15) is 9.59 Å². The van der Waals surface area contributed by atoms with E-state index in [1.165, 1.54) is 22.7 Å². The summed E-state index contributed by atoms with van der Waals surface area (Å²) in [6, 6.07) is 19.0. The quantitative estimate of drug-likeness (QED) is 0.260. The monoisotopic (exact) mass is 488 g/mol. The fraction of sp³-hybridized carbons (Fsp3) is 0.115. The van der Waals surface area contributed by atoms with Crippen LogP contribution in [0, 0.1) is 6.92 Å². The molecular formula is C26H20N2O4S2. The Labute approximate surface area is 203 Å². The molecule has 4 aromatic heterocycles. The lowest BCUT2D eigenvalue weighted by Crippen LogP contribution is -2.13. The molecule has 0 radical (unpaired) electrons. The molecule has 0 aliphatic heterocycles. The molecule has 0 aliphatic rings. The van der Waals surface area contributed by atoms with E-state index in [1.54, 1.807) is 13.0 Å². The maximum absolute atomic E-state index is 13.0. The summed E-state index contributed by atoms with van der Waals surface area (Å²) in [6.07, 6.45) is 0. The van der Waals surface area contributed by atoms with Crippen molar-refractivity contribution in [1.29, 1.82) is 0 Å². The number of nitrogens with zero attached hydrogens (tertiary/aromatic N) is 1. The van der Waals surface area contributed by atoms with Crippen LogP contribution in [0.4, 0.5) is 5.69 Å². The van der Waals surface area contributed by atoms with Crippen molar-refractivity contribution >= 4 is 50.5 Å². The molecule has 5 rings (SSSR count). The van der Waals surface area contributed by atoms with Crippen molar-refractivity contribution < 1.29 is 18.7 Å². The van der Waals surface area contributed by atoms with Crippen LogP contribution in [0.5, 0.6) is 0 Å². The number of anilines is 1. The van der Waals surface area contributed by atoms with Gasteiger partial charge in [-0.2, -0.15) is 0 Å². The first-order chi connectivity index (χ1) is 16.5. The predicted molar refractivity (Wildman–Crippen MR) is 136 cm³/mol. The van der Waals surface area contributed by atoms with Crippen molar-refractivity contribution in [3.63, 3.8) is 0 Å². The summed E-state index contributed by atoms with van der Waals surface area (Å²) in [5.74, 6) is 0.580. The number of esters is 1. The molecule has 0 saturated carbocycles. The van der Waals surface area contributed by atoms with E-state index in [0.717, 1.165) is 22.6 Å². The smallest absolute Gasteiger partial charge is 0.350 e. The van der Waals surface area contributed by atoms with E-state index < -0.39 is 5.97 Å². The first-order valence-corrected chi connectivity index (χ1v) is 12.4. The van der Waals surface area contributed by atoms with Gasteiger partial charge in [-0.25, -0.2) is 9.78 Å². The van der Waals surface area contributed by atoms with Crippen LogP contribution in [-0.4, -0.2) is 23.5 Å². The van der Waals surface area contributed by atoms with Gasteiger partial charge < -0.3 is 14.5 Å². The molecule has 0 bridgehead atoms. The Morgan fingerprint density at radius 2 is 1.91 bits per heavy atom. The minimum atomic E-state index is -0.505. The molecule has 0 spiro atoms. The van der Waals surface area contributed by atoms with Crippen LogP contribution in [0.3, 0.4) is 0 Å². The average molecular weight is 489 g/mol. The highest BCUT2D eigenvalue weighted by Gasteiger charge is 2.26. The number of furan rings is 1. The zero-order valence-electron chi connectivity index (χ0n) is 18.5. The molecule has 8 heteroatoms. The molecule has 0 atom stereocenters. The van der Waals surface area contributed by atoms with Gasteiger partial charge in [0.05, 0.1) is 22.9 Å². The summed E-state index contributed by atoms with van der Waals surface area (Å²) < 4.78 is 11.3. The molecule has 1 aromatic carbocycles. The maximum atomic E-state index is 13.0. The van der Waals surface area contributed by atoms with E-state index in [0.29, 0.717) is 31.4 Å². The number of aromatic nitrogens is 1. The second kappa shape index (κ2) is 9.24. The third-order valence-corrected chi connectivity index (χ3v) is 7.11. The summed E-state index contributed by atoms with van der Waals surface area (Å²) in [5, 5.41) is 5.43. The van der Waals surface area contributed by atoms with Gasteiger partial charge in [0.1, 0.15) is 21.2 Å². The molecule has 1 N–H and O–H groups in total. The average Bonchev–Trinajstić information content (AvgIpc) is 3.60. The Morgan fingerprint density at radius 3 is 2.59 bits per heavy atom. The molecule has 170 valence electrons. The lowest BCUT2D eigenvalue weighted by Gasteiger charge is -2.10. The number of hydrogen-bond donors (Lipinski definition) is 1. The number of pyridine rings is 1. The molecule has 0 unspecified atom stereocenters. The van der Waals surface area contributed by atoms with E-state index >= 15 is 0 Å². The minimum absolute atomic E-state index is 0.221. The molecular weight excluding hydrogens is 468 g/mol. The van der Waals surface area contributed by atoms with Crippen molar-refractivity contribution in [2.75, 3.05) is 11.9 Å². The zero-order valence-corrected chi connectivity index (χ0v) is 20.1. The van der Waals surface area contributed by atoms with Gasteiger partial charge in [-0.15, -0.1) is 22.7 Å². The van der Waals surface area contributed by atoms with E-state index in [2.05, 4.69) is 5.32 Å². The summed E-state index contributed by atoms with van der Waals surface area (Å²) >= 11 is 2.52. The Balaban J connectivity index is 1.77. The van der Waals surface area contributed by atoms with Gasteiger partial charge in [0.25, 0.3) is 5.91 Å². The Hall–Kier alpha value is -3.75. The molecule has 0 saturated heterocycles. The third-order valence-electron chi connectivity index (χ3n) is 5.18. The number of amides is 1. The van der Waals surface area contributed by atoms with Crippen molar-refractivity contribution in [3.05, 3.63) is 81.6 Å². The highest BCUT2D eigenvalue weighted by atomic mass is 32.1. The van der Waals surface area contributed by atoms with Crippen molar-refractivity contribution in [3.8, 4) is 22.6 Å².